The van der Waals surface area contributed by atoms with E-state index in [-0.39, 0.29) is 5.82 Å². The molecule has 12 heavy (non-hydrogen) atoms. The van der Waals surface area contributed by atoms with E-state index in [0.29, 0.717) is 18.4 Å². The maximum Gasteiger partial charge on any atom is 0.129 e. The summed E-state index contributed by atoms with van der Waals surface area (Å²) in [6.45, 7) is 0. The Morgan fingerprint density at radius 3 is 2.67 bits per heavy atom. The van der Waals surface area contributed by atoms with Crippen LogP contribution < -0.4 is 0 Å². The van der Waals surface area contributed by atoms with E-state index < -0.39 is 5.60 Å². The number of hydrogen-bond donors (Lipinski definition) is 1. The molecule has 64 valence electrons. The molecule has 1 aliphatic carbocycles. The highest BCUT2D eigenvalue weighted by Gasteiger charge is 2.44. The molecule has 0 unspecified atom stereocenters. The first-order chi connectivity index (χ1) is 5.62. The monoisotopic (exact) mass is 278 g/mol. The molecule has 0 aliphatic heterocycles. The Balaban J connectivity index is 2.48. The van der Waals surface area contributed by atoms with Gasteiger partial charge in [-0.25, -0.2) is 4.39 Å². The summed E-state index contributed by atoms with van der Waals surface area (Å²) >= 11 is 2.11. The van der Waals surface area contributed by atoms with Crippen molar-refractivity contribution < 1.29 is 9.50 Å². The summed E-state index contributed by atoms with van der Waals surface area (Å²) < 4.78 is 14.1. The Labute approximate surface area is 83.7 Å². The predicted octanol–water partition coefficient (Wildman–Crippen LogP) is 2.41. The van der Waals surface area contributed by atoms with E-state index in [2.05, 4.69) is 22.6 Å². The zero-order chi connectivity index (χ0) is 8.77. The maximum atomic E-state index is 13.1. The highest BCUT2D eigenvalue weighted by Crippen LogP contribution is 2.46. The van der Waals surface area contributed by atoms with E-state index in [1.54, 1.807) is 12.1 Å². The van der Waals surface area contributed by atoms with E-state index in [1.165, 1.54) is 6.07 Å². The van der Waals surface area contributed by atoms with Crippen LogP contribution in [0.4, 0.5) is 4.39 Å². The first-order valence-corrected chi connectivity index (χ1v) is 4.88. The van der Waals surface area contributed by atoms with Gasteiger partial charge in [-0.15, -0.1) is 0 Å². The lowest BCUT2D eigenvalue weighted by atomic mass is 10.1. The van der Waals surface area contributed by atoms with E-state index in [1.807, 2.05) is 0 Å². The minimum absolute atomic E-state index is 0.296. The van der Waals surface area contributed by atoms with Crippen LogP contribution in [0, 0.1) is 9.39 Å². The minimum atomic E-state index is -0.856. The van der Waals surface area contributed by atoms with Crippen molar-refractivity contribution >= 4 is 22.6 Å². The van der Waals surface area contributed by atoms with E-state index >= 15 is 0 Å². The molecule has 0 spiro atoms. The standard InChI is InChI=1S/C9H8FIO/c10-8-2-1-6(11)5-7(8)9(12)3-4-9/h1-2,5,12H,3-4H2. The van der Waals surface area contributed by atoms with Gasteiger partial charge in [0.25, 0.3) is 0 Å². The van der Waals surface area contributed by atoms with Gasteiger partial charge in [-0.1, -0.05) is 0 Å². The van der Waals surface area contributed by atoms with Crippen LogP contribution in [0.3, 0.4) is 0 Å². The van der Waals surface area contributed by atoms with Crippen LogP contribution in [0.15, 0.2) is 18.2 Å². The van der Waals surface area contributed by atoms with Crippen molar-refractivity contribution in [2.75, 3.05) is 0 Å². The first kappa shape index (κ1) is 8.44. The quantitative estimate of drug-likeness (QED) is 0.782. The summed E-state index contributed by atoms with van der Waals surface area (Å²) in [4.78, 5) is 0. The number of aliphatic hydroxyl groups is 1. The average Bonchev–Trinajstić information content (AvgIpc) is 2.75. The molecule has 3 heteroatoms. The molecular weight excluding hydrogens is 270 g/mol. The number of benzene rings is 1. The molecule has 1 saturated carbocycles. The second kappa shape index (κ2) is 2.67. The molecule has 1 nitrogen and oxygen atoms in total. The number of hydrogen-bond acceptors (Lipinski definition) is 1. The van der Waals surface area contributed by atoms with Crippen molar-refractivity contribution in [3.05, 3.63) is 33.1 Å². The largest absolute Gasteiger partial charge is 0.385 e. The molecule has 1 aromatic carbocycles. The molecule has 0 saturated heterocycles. The van der Waals surface area contributed by atoms with Crippen LogP contribution in [0.2, 0.25) is 0 Å². The van der Waals surface area contributed by atoms with Crippen LogP contribution in [-0.2, 0) is 5.60 Å². The lowest BCUT2D eigenvalue weighted by molar-refractivity contribution is 0.146. The summed E-state index contributed by atoms with van der Waals surface area (Å²) in [5.41, 5.74) is -0.403. The van der Waals surface area contributed by atoms with Crippen molar-refractivity contribution in [2.45, 2.75) is 18.4 Å². The Kier molecular flexibility index (Phi) is 1.88. The molecule has 2 rings (SSSR count). The van der Waals surface area contributed by atoms with Crippen molar-refractivity contribution in [3.8, 4) is 0 Å². The normalized spacial score (nSPS) is 19.2. The fraction of sp³-hybridized carbons (Fsp3) is 0.333. The van der Waals surface area contributed by atoms with Gasteiger partial charge in [0.15, 0.2) is 0 Å². The maximum absolute atomic E-state index is 13.1. The van der Waals surface area contributed by atoms with Gasteiger partial charge < -0.3 is 5.11 Å². The van der Waals surface area contributed by atoms with Crippen molar-refractivity contribution in [2.24, 2.45) is 0 Å². The van der Waals surface area contributed by atoms with Crippen LogP contribution >= 0.6 is 22.6 Å². The minimum Gasteiger partial charge on any atom is -0.385 e. The molecule has 1 aromatic rings. The van der Waals surface area contributed by atoms with E-state index in [4.69, 9.17) is 0 Å². The fourth-order valence-electron chi connectivity index (χ4n) is 1.24. The van der Waals surface area contributed by atoms with E-state index in [0.717, 1.165) is 3.57 Å². The zero-order valence-electron chi connectivity index (χ0n) is 6.35. The van der Waals surface area contributed by atoms with Gasteiger partial charge in [0.2, 0.25) is 0 Å². The van der Waals surface area contributed by atoms with Crippen LogP contribution in [0.5, 0.6) is 0 Å². The Hall–Kier alpha value is -0.160. The molecule has 1 aliphatic rings. The molecular formula is C9H8FIO. The summed E-state index contributed by atoms with van der Waals surface area (Å²) in [6.07, 6.45) is 1.37. The topological polar surface area (TPSA) is 20.2 Å². The molecule has 1 fully saturated rings. The SMILES string of the molecule is OC1(c2cc(I)ccc2F)CC1. The van der Waals surface area contributed by atoms with Gasteiger partial charge in [0.1, 0.15) is 5.82 Å². The molecule has 0 heterocycles. The summed E-state index contributed by atoms with van der Waals surface area (Å²) in [7, 11) is 0. The second-order valence-electron chi connectivity index (χ2n) is 3.16. The van der Waals surface area contributed by atoms with Crippen molar-refractivity contribution in [1.29, 1.82) is 0 Å². The molecule has 0 radical (unpaired) electrons. The average molecular weight is 278 g/mol. The molecule has 0 aromatic heterocycles. The van der Waals surface area contributed by atoms with Gasteiger partial charge in [-0.3, -0.25) is 0 Å². The predicted molar refractivity (Wildman–Crippen MR) is 52.2 cm³/mol. The lowest BCUT2D eigenvalue weighted by Crippen LogP contribution is -2.07. The third kappa shape index (κ3) is 1.35. The van der Waals surface area contributed by atoms with Crippen LogP contribution in [-0.4, -0.2) is 5.11 Å². The third-order valence-corrected chi connectivity index (χ3v) is 2.82. The number of halogens is 2. The Morgan fingerprint density at radius 1 is 1.42 bits per heavy atom. The lowest BCUT2D eigenvalue weighted by Gasteiger charge is -2.08. The summed E-state index contributed by atoms with van der Waals surface area (Å²) in [6, 6.07) is 4.82. The van der Waals surface area contributed by atoms with Gasteiger partial charge >= 0.3 is 0 Å². The molecule has 1 N–H and O–H groups in total. The highest BCUT2D eigenvalue weighted by molar-refractivity contribution is 14.1. The highest BCUT2D eigenvalue weighted by atomic mass is 127. The number of rotatable bonds is 1. The Bertz CT molecular complexity index is 320. The van der Waals surface area contributed by atoms with Crippen molar-refractivity contribution in [1.82, 2.24) is 0 Å². The Morgan fingerprint density at radius 2 is 2.08 bits per heavy atom. The van der Waals surface area contributed by atoms with Gasteiger partial charge in [-0.2, -0.15) is 0 Å². The van der Waals surface area contributed by atoms with Gasteiger partial charge in [-0.05, 0) is 53.6 Å². The van der Waals surface area contributed by atoms with Gasteiger partial charge in [0.05, 0.1) is 5.60 Å². The first-order valence-electron chi connectivity index (χ1n) is 3.80. The van der Waals surface area contributed by atoms with Crippen molar-refractivity contribution in [3.63, 3.8) is 0 Å². The zero-order valence-corrected chi connectivity index (χ0v) is 8.51. The molecule has 0 bridgehead atoms. The summed E-state index contributed by atoms with van der Waals surface area (Å²) in [5.74, 6) is -0.296. The molecule has 0 amide bonds. The molecule has 0 atom stereocenters. The van der Waals surface area contributed by atoms with E-state index in [9.17, 15) is 9.50 Å². The fourth-order valence-corrected chi connectivity index (χ4v) is 1.73. The van der Waals surface area contributed by atoms with Crippen LogP contribution in [0.25, 0.3) is 0 Å². The van der Waals surface area contributed by atoms with Crippen LogP contribution in [0.1, 0.15) is 18.4 Å². The van der Waals surface area contributed by atoms with Gasteiger partial charge in [0, 0.05) is 9.13 Å². The smallest absolute Gasteiger partial charge is 0.129 e. The third-order valence-electron chi connectivity index (χ3n) is 2.15. The second-order valence-corrected chi connectivity index (χ2v) is 4.40. The summed E-state index contributed by atoms with van der Waals surface area (Å²) in [5, 5.41) is 9.66.